The highest BCUT2D eigenvalue weighted by molar-refractivity contribution is 5.89. The van der Waals surface area contributed by atoms with Crippen LogP contribution in [0.15, 0.2) is 0 Å². The molecule has 0 atom stereocenters. The van der Waals surface area contributed by atoms with Crippen molar-refractivity contribution in [3.63, 3.8) is 0 Å². The van der Waals surface area contributed by atoms with E-state index in [0.29, 0.717) is 25.9 Å². The highest BCUT2D eigenvalue weighted by atomic mass is 16.2. The highest BCUT2D eigenvalue weighted by Crippen LogP contribution is 2.21. The number of nitrogens with two attached hydrogens (primary N) is 1. The van der Waals surface area contributed by atoms with Gasteiger partial charge in [0.05, 0.1) is 5.41 Å². The van der Waals surface area contributed by atoms with E-state index in [0.717, 1.165) is 0 Å². The fraction of sp³-hybridized carbons (Fsp3) is 0.800. The zero-order valence-electron chi connectivity index (χ0n) is 9.22. The van der Waals surface area contributed by atoms with Crippen LogP contribution in [-0.2, 0) is 9.59 Å². The number of Topliss-reactive ketones (excluding diaryl/α,β-unsaturated/α-hetero) is 1. The Kier molecular flexibility index (Phi) is 5.38. The molecule has 0 rings (SSSR count). The second-order valence-electron chi connectivity index (χ2n) is 4.00. The Morgan fingerprint density at radius 2 is 1.93 bits per heavy atom. The molecule has 0 unspecified atom stereocenters. The number of rotatable bonds is 6. The molecular weight excluding hydrogens is 180 g/mol. The molecule has 4 heteroatoms. The molecule has 0 heterocycles. The van der Waals surface area contributed by atoms with Gasteiger partial charge in [0, 0.05) is 25.9 Å². The summed E-state index contributed by atoms with van der Waals surface area (Å²) in [5, 5.41) is 2.69. The molecule has 0 aromatic heterocycles. The minimum absolute atomic E-state index is 0.107. The second-order valence-corrected chi connectivity index (χ2v) is 4.00. The minimum Gasteiger partial charge on any atom is -0.354 e. The van der Waals surface area contributed by atoms with Crippen molar-refractivity contribution in [2.45, 2.75) is 33.6 Å². The highest BCUT2D eigenvalue weighted by Gasteiger charge is 2.29. The zero-order valence-corrected chi connectivity index (χ0v) is 9.22. The molecule has 0 aliphatic carbocycles. The van der Waals surface area contributed by atoms with E-state index in [1.54, 1.807) is 20.8 Å². The van der Waals surface area contributed by atoms with Crippen molar-refractivity contribution in [3.8, 4) is 0 Å². The summed E-state index contributed by atoms with van der Waals surface area (Å²) in [6, 6.07) is 0. The molecule has 0 radical (unpaired) electrons. The SMILES string of the molecule is CCC(=O)CC(C)(C)C(=O)NCCN. The third-order valence-corrected chi connectivity index (χ3v) is 2.08. The predicted molar refractivity (Wildman–Crippen MR) is 55.8 cm³/mol. The molecule has 3 N–H and O–H groups in total. The van der Waals surface area contributed by atoms with Crippen LogP contribution in [0.5, 0.6) is 0 Å². The first-order valence-electron chi connectivity index (χ1n) is 4.94. The fourth-order valence-electron chi connectivity index (χ4n) is 1.12. The van der Waals surface area contributed by atoms with Gasteiger partial charge in [-0.05, 0) is 0 Å². The lowest BCUT2D eigenvalue weighted by molar-refractivity contribution is -0.133. The van der Waals surface area contributed by atoms with Gasteiger partial charge in [-0.15, -0.1) is 0 Å². The Morgan fingerprint density at radius 3 is 2.36 bits per heavy atom. The summed E-state index contributed by atoms with van der Waals surface area (Å²) in [7, 11) is 0. The maximum absolute atomic E-state index is 11.6. The summed E-state index contributed by atoms with van der Waals surface area (Å²) in [6.07, 6.45) is 0.771. The van der Waals surface area contributed by atoms with E-state index < -0.39 is 5.41 Å². The van der Waals surface area contributed by atoms with Gasteiger partial charge in [-0.1, -0.05) is 20.8 Å². The Labute approximate surface area is 85.2 Å². The lowest BCUT2D eigenvalue weighted by Gasteiger charge is -2.22. The molecule has 14 heavy (non-hydrogen) atoms. The number of nitrogens with one attached hydrogen (secondary N) is 1. The van der Waals surface area contributed by atoms with E-state index in [9.17, 15) is 9.59 Å². The normalized spacial score (nSPS) is 11.1. The van der Waals surface area contributed by atoms with E-state index in [1.807, 2.05) is 0 Å². The van der Waals surface area contributed by atoms with Gasteiger partial charge >= 0.3 is 0 Å². The zero-order chi connectivity index (χ0) is 11.2. The largest absolute Gasteiger partial charge is 0.354 e. The molecule has 0 bridgehead atoms. The third kappa shape index (κ3) is 4.37. The quantitative estimate of drug-likeness (QED) is 0.654. The standard InChI is InChI=1S/C10H20N2O2/c1-4-8(13)7-10(2,3)9(14)12-6-5-11/h4-7,11H2,1-3H3,(H,12,14). The summed E-state index contributed by atoms with van der Waals surface area (Å²) in [5.74, 6) is 0.00245. The van der Waals surface area contributed by atoms with Gasteiger partial charge in [0.1, 0.15) is 5.78 Å². The van der Waals surface area contributed by atoms with Gasteiger partial charge in [-0.3, -0.25) is 9.59 Å². The monoisotopic (exact) mass is 200 g/mol. The molecule has 0 spiro atoms. The smallest absolute Gasteiger partial charge is 0.226 e. The van der Waals surface area contributed by atoms with E-state index in [4.69, 9.17) is 5.73 Å². The molecule has 0 fully saturated rings. The maximum atomic E-state index is 11.6. The van der Waals surface area contributed by atoms with Gasteiger partial charge in [0.25, 0.3) is 0 Å². The maximum Gasteiger partial charge on any atom is 0.226 e. The van der Waals surface area contributed by atoms with Crippen LogP contribution in [0.3, 0.4) is 0 Å². The molecular formula is C10H20N2O2. The molecule has 4 nitrogen and oxygen atoms in total. The Bertz CT molecular complexity index is 212. The van der Waals surface area contributed by atoms with Gasteiger partial charge in [0.2, 0.25) is 5.91 Å². The van der Waals surface area contributed by atoms with Gasteiger partial charge in [-0.25, -0.2) is 0 Å². The molecule has 0 saturated heterocycles. The number of carbonyl (C=O) groups excluding carboxylic acids is 2. The van der Waals surface area contributed by atoms with Crippen LogP contribution in [0, 0.1) is 5.41 Å². The number of hydrogen-bond donors (Lipinski definition) is 2. The summed E-state index contributed by atoms with van der Waals surface area (Å²) in [5.41, 5.74) is 4.64. The van der Waals surface area contributed by atoms with Crippen LogP contribution in [0.25, 0.3) is 0 Å². The second kappa shape index (κ2) is 5.75. The fourth-order valence-corrected chi connectivity index (χ4v) is 1.12. The van der Waals surface area contributed by atoms with Crippen molar-refractivity contribution in [1.82, 2.24) is 5.32 Å². The minimum atomic E-state index is -0.623. The lowest BCUT2D eigenvalue weighted by atomic mass is 9.85. The molecule has 0 aromatic carbocycles. The van der Waals surface area contributed by atoms with Crippen molar-refractivity contribution in [2.75, 3.05) is 13.1 Å². The average molecular weight is 200 g/mol. The van der Waals surface area contributed by atoms with Crippen molar-refractivity contribution in [3.05, 3.63) is 0 Å². The Morgan fingerprint density at radius 1 is 1.36 bits per heavy atom. The molecule has 0 aromatic rings. The van der Waals surface area contributed by atoms with E-state index in [-0.39, 0.29) is 11.7 Å². The molecule has 1 amide bonds. The van der Waals surface area contributed by atoms with Crippen LogP contribution >= 0.6 is 0 Å². The number of carbonyl (C=O) groups is 2. The first kappa shape index (κ1) is 13.1. The van der Waals surface area contributed by atoms with Gasteiger partial charge in [-0.2, -0.15) is 0 Å². The first-order chi connectivity index (χ1) is 6.44. The van der Waals surface area contributed by atoms with Crippen LogP contribution in [0.1, 0.15) is 33.6 Å². The van der Waals surface area contributed by atoms with Crippen molar-refractivity contribution in [1.29, 1.82) is 0 Å². The first-order valence-corrected chi connectivity index (χ1v) is 4.94. The van der Waals surface area contributed by atoms with Crippen LogP contribution < -0.4 is 11.1 Å². The summed E-state index contributed by atoms with van der Waals surface area (Å²) in [6.45, 7) is 6.22. The van der Waals surface area contributed by atoms with Crippen molar-refractivity contribution >= 4 is 11.7 Å². The van der Waals surface area contributed by atoms with Crippen LogP contribution in [0.2, 0.25) is 0 Å². The summed E-state index contributed by atoms with van der Waals surface area (Å²) >= 11 is 0. The topological polar surface area (TPSA) is 72.2 Å². The van der Waals surface area contributed by atoms with Crippen LogP contribution in [-0.4, -0.2) is 24.8 Å². The number of amides is 1. The van der Waals surface area contributed by atoms with Crippen molar-refractivity contribution < 1.29 is 9.59 Å². The van der Waals surface area contributed by atoms with Gasteiger partial charge in [0.15, 0.2) is 0 Å². The third-order valence-electron chi connectivity index (χ3n) is 2.08. The van der Waals surface area contributed by atoms with E-state index in [2.05, 4.69) is 5.32 Å². The van der Waals surface area contributed by atoms with E-state index in [1.165, 1.54) is 0 Å². The van der Waals surface area contributed by atoms with Crippen molar-refractivity contribution in [2.24, 2.45) is 11.1 Å². The summed E-state index contributed by atoms with van der Waals surface area (Å²) in [4.78, 5) is 22.8. The molecule has 82 valence electrons. The van der Waals surface area contributed by atoms with E-state index >= 15 is 0 Å². The molecule has 0 aliphatic rings. The predicted octanol–water partition coefficient (Wildman–Crippen LogP) is 0.457. The Hall–Kier alpha value is -0.900. The summed E-state index contributed by atoms with van der Waals surface area (Å²) < 4.78 is 0. The number of ketones is 1. The molecule has 0 aliphatic heterocycles. The van der Waals surface area contributed by atoms with Crippen LogP contribution in [0.4, 0.5) is 0 Å². The van der Waals surface area contributed by atoms with Gasteiger partial charge < -0.3 is 11.1 Å². The Balaban J connectivity index is 4.15. The molecule has 0 saturated carbocycles. The average Bonchev–Trinajstić information content (AvgIpc) is 2.13. The number of hydrogen-bond acceptors (Lipinski definition) is 3. The lowest BCUT2D eigenvalue weighted by Crippen LogP contribution is -2.40.